The Hall–Kier alpha value is -1.55. The molecule has 0 spiro atoms. The number of nitrogens with one attached hydrogen (secondary N) is 2. The summed E-state index contributed by atoms with van der Waals surface area (Å²) in [5.41, 5.74) is 0.523. The standard InChI is InChI=1S/C15H19ClN2O2/c1-10-5-2-3-8-13(10)18-15(20)14(19)17-12-7-4-6-11(16)9-12/h4,6-7,9-10,13H,2-3,5,8H2,1H3,(H,17,19)(H,18,20)/t10-,13+/m0/s1. The van der Waals surface area contributed by atoms with Crippen LogP contribution in [0.2, 0.25) is 5.02 Å². The number of carbonyl (C=O) groups is 2. The van der Waals surface area contributed by atoms with Gasteiger partial charge in [-0.1, -0.05) is 37.4 Å². The van der Waals surface area contributed by atoms with Gasteiger partial charge in [0, 0.05) is 16.8 Å². The van der Waals surface area contributed by atoms with Crippen LogP contribution in [0.4, 0.5) is 5.69 Å². The molecule has 1 aliphatic rings. The van der Waals surface area contributed by atoms with Crippen molar-refractivity contribution in [3.63, 3.8) is 0 Å². The fourth-order valence-electron chi connectivity index (χ4n) is 2.52. The second-order valence-corrected chi connectivity index (χ2v) is 5.74. The van der Waals surface area contributed by atoms with Gasteiger partial charge in [-0.2, -0.15) is 0 Å². The maximum Gasteiger partial charge on any atom is 0.313 e. The van der Waals surface area contributed by atoms with E-state index in [9.17, 15) is 9.59 Å². The van der Waals surface area contributed by atoms with Crippen molar-refractivity contribution >= 4 is 29.1 Å². The summed E-state index contributed by atoms with van der Waals surface area (Å²) in [5, 5.41) is 5.89. The molecular formula is C15H19ClN2O2. The van der Waals surface area contributed by atoms with Crippen molar-refractivity contribution in [2.24, 2.45) is 5.92 Å². The van der Waals surface area contributed by atoms with E-state index in [0.717, 1.165) is 19.3 Å². The first-order valence-corrected chi connectivity index (χ1v) is 7.31. The highest BCUT2D eigenvalue weighted by Gasteiger charge is 2.25. The molecule has 0 bridgehead atoms. The summed E-state index contributed by atoms with van der Waals surface area (Å²) in [7, 11) is 0. The maximum absolute atomic E-state index is 11.9. The lowest BCUT2D eigenvalue weighted by Crippen LogP contribution is -2.45. The predicted molar refractivity (Wildman–Crippen MR) is 79.6 cm³/mol. The monoisotopic (exact) mass is 294 g/mol. The Morgan fingerprint density at radius 1 is 1.20 bits per heavy atom. The van der Waals surface area contributed by atoms with Crippen molar-refractivity contribution in [3.05, 3.63) is 29.3 Å². The van der Waals surface area contributed by atoms with E-state index in [1.807, 2.05) is 0 Å². The van der Waals surface area contributed by atoms with E-state index >= 15 is 0 Å². The Balaban J connectivity index is 1.90. The summed E-state index contributed by atoms with van der Waals surface area (Å²) in [4.78, 5) is 23.7. The van der Waals surface area contributed by atoms with Gasteiger partial charge < -0.3 is 10.6 Å². The molecule has 5 heteroatoms. The molecule has 4 nitrogen and oxygen atoms in total. The Kier molecular flexibility index (Phi) is 5.01. The zero-order valence-corrected chi connectivity index (χ0v) is 12.2. The minimum Gasteiger partial charge on any atom is -0.345 e. The first-order chi connectivity index (χ1) is 9.56. The summed E-state index contributed by atoms with van der Waals surface area (Å²) in [5.74, 6) is -0.805. The third kappa shape index (κ3) is 3.97. The van der Waals surface area contributed by atoms with Crippen LogP contribution in [0.15, 0.2) is 24.3 Å². The average Bonchev–Trinajstić information content (AvgIpc) is 2.41. The van der Waals surface area contributed by atoms with Gasteiger partial charge in [-0.25, -0.2) is 0 Å². The van der Waals surface area contributed by atoms with Gasteiger partial charge in [0.05, 0.1) is 0 Å². The highest BCUT2D eigenvalue weighted by atomic mass is 35.5. The molecule has 1 fully saturated rings. The van der Waals surface area contributed by atoms with E-state index in [1.165, 1.54) is 6.42 Å². The Bertz CT molecular complexity index is 504. The van der Waals surface area contributed by atoms with Crippen LogP contribution in [0, 0.1) is 5.92 Å². The largest absolute Gasteiger partial charge is 0.345 e. The molecule has 0 unspecified atom stereocenters. The Morgan fingerprint density at radius 2 is 1.95 bits per heavy atom. The lowest BCUT2D eigenvalue weighted by molar-refractivity contribution is -0.137. The molecule has 0 saturated heterocycles. The molecule has 2 amide bonds. The second kappa shape index (κ2) is 6.75. The maximum atomic E-state index is 11.9. The van der Waals surface area contributed by atoms with Gasteiger partial charge in [0.2, 0.25) is 0 Å². The molecule has 20 heavy (non-hydrogen) atoms. The van der Waals surface area contributed by atoms with Crippen LogP contribution in [-0.4, -0.2) is 17.9 Å². The number of hydrogen-bond acceptors (Lipinski definition) is 2. The number of benzene rings is 1. The van der Waals surface area contributed by atoms with E-state index in [-0.39, 0.29) is 6.04 Å². The summed E-state index contributed by atoms with van der Waals surface area (Å²) >= 11 is 5.83. The minimum absolute atomic E-state index is 0.0985. The fourth-order valence-corrected chi connectivity index (χ4v) is 2.71. The normalized spacial score (nSPS) is 22.1. The highest BCUT2D eigenvalue weighted by Crippen LogP contribution is 2.23. The van der Waals surface area contributed by atoms with Crippen LogP contribution < -0.4 is 10.6 Å². The van der Waals surface area contributed by atoms with Crippen molar-refractivity contribution in [2.75, 3.05) is 5.32 Å². The third-order valence-corrected chi connectivity index (χ3v) is 3.95. The summed E-state index contributed by atoms with van der Waals surface area (Å²) < 4.78 is 0. The first-order valence-electron chi connectivity index (χ1n) is 6.93. The Labute approximate surface area is 123 Å². The van der Waals surface area contributed by atoms with E-state index < -0.39 is 11.8 Å². The molecule has 108 valence electrons. The highest BCUT2D eigenvalue weighted by molar-refractivity contribution is 6.40. The lowest BCUT2D eigenvalue weighted by Gasteiger charge is -2.29. The van der Waals surface area contributed by atoms with Crippen molar-refractivity contribution in [3.8, 4) is 0 Å². The number of amides is 2. The van der Waals surface area contributed by atoms with Gasteiger partial charge >= 0.3 is 11.8 Å². The second-order valence-electron chi connectivity index (χ2n) is 5.31. The van der Waals surface area contributed by atoms with Gasteiger partial charge in [-0.05, 0) is 37.0 Å². The van der Waals surface area contributed by atoms with E-state index in [4.69, 9.17) is 11.6 Å². The van der Waals surface area contributed by atoms with Gasteiger partial charge in [-0.15, -0.1) is 0 Å². The van der Waals surface area contributed by atoms with Gasteiger partial charge in [-0.3, -0.25) is 9.59 Å². The van der Waals surface area contributed by atoms with Crippen LogP contribution in [-0.2, 0) is 9.59 Å². The fraction of sp³-hybridized carbons (Fsp3) is 0.467. The molecule has 1 aromatic carbocycles. The van der Waals surface area contributed by atoms with Gasteiger partial charge in [0.15, 0.2) is 0 Å². The predicted octanol–water partition coefficient (Wildman–Crippen LogP) is 2.97. The summed E-state index contributed by atoms with van der Waals surface area (Å²) in [6, 6.07) is 6.83. The number of carbonyl (C=O) groups excluding carboxylic acids is 2. The number of halogens is 1. The van der Waals surface area contributed by atoms with Crippen LogP contribution >= 0.6 is 11.6 Å². The molecule has 2 N–H and O–H groups in total. The summed E-state index contributed by atoms with van der Waals surface area (Å²) in [6.07, 6.45) is 4.34. The SMILES string of the molecule is C[C@H]1CCCC[C@H]1NC(=O)C(=O)Nc1cccc(Cl)c1. The minimum atomic E-state index is -0.648. The summed E-state index contributed by atoms with van der Waals surface area (Å²) in [6.45, 7) is 2.11. The number of anilines is 1. The molecule has 2 rings (SSSR count). The molecular weight excluding hydrogens is 276 g/mol. The van der Waals surface area contributed by atoms with Crippen molar-refractivity contribution < 1.29 is 9.59 Å². The topological polar surface area (TPSA) is 58.2 Å². The first kappa shape index (κ1) is 14.9. The Morgan fingerprint density at radius 3 is 2.65 bits per heavy atom. The molecule has 1 saturated carbocycles. The third-order valence-electron chi connectivity index (χ3n) is 3.72. The molecule has 0 aromatic heterocycles. The molecule has 2 atom stereocenters. The number of hydrogen-bond donors (Lipinski definition) is 2. The molecule has 0 aliphatic heterocycles. The lowest BCUT2D eigenvalue weighted by atomic mass is 9.86. The smallest absolute Gasteiger partial charge is 0.313 e. The quantitative estimate of drug-likeness (QED) is 0.824. The zero-order chi connectivity index (χ0) is 14.5. The zero-order valence-electron chi connectivity index (χ0n) is 11.5. The van der Waals surface area contributed by atoms with Crippen LogP contribution in [0.5, 0.6) is 0 Å². The van der Waals surface area contributed by atoms with E-state index in [0.29, 0.717) is 16.6 Å². The van der Waals surface area contributed by atoms with Crippen molar-refractivity contribution in [1.82, 2.24) is 5.32 Å². The van der Waals surface area contributed by atoms with E-state index in [2.05, 4.69) is 17.6 Å². The number of rotatable bonds is 2. The van der Waals surface area contributed by atoms with Gasteiger partial charge in [0.1, 0.15) is 0 Å². The van der Waals surface area contributed by atoms with Crippen LogP contribution in [0.3, 0.4) is 0 Å². The van der Waals surface area contributed by atoms with Crippen molar-refractivity contribution in [1.29, 1.82) is 0 Å². The molecule has 0 radical (unpaired) electrons. The molecule has 0 heterocycles. The van der Waals surface area contributed by atoms with Gasteiger partial charge in [0.25, 0.3) is 0 Å². The molecule has 1 aliphatic carbocycles. The van der Waals surface area contributed by atoms with Crippen LogP contribution in [0.25, 0.3) is 0 Å². The molecule has 1 aromatic rings. The average molecular weight is 295 g/mol. The van der Waals surface area contributed by atoms with Crippen molar-refractivity contribution in [2.45, 2.75) is 38.6 Å². The van der Waals surface area contributed by atoms with Crippen LogP contribution in [0.1, 0.15) is 32.6 Å². The van der Waals surface area contributed by atoms with E-state index in [1.54, 1.807) is 24.3 Å².